The molecule has 1 aliphatic carbocycles. The van der Waals surface area contributed by atoms with Crippen molar-refractivity contribution in [2.45, 2.75) is 12.8 Å². The fourth-order valence-electron chi connectivity index (χ4n) is 1.62. The molecule has 1 aromatic carbocycles. The minimum atomic E-state index is -0.535. The van der Waals surface area contributed by atoms with E-state index in [9.17, 15) is 13.2 Å². The molecule has 1 aliphatic rings. The third-order valence-electron chi connectivity index (χ3n) is 2.55. The molecule has 0 N–H and O–H groups in total. The van der Waals surface area contributed by atoms with Crippen LogP contribution in [0.2, 0.25) is 0 Å². The first-order chi connectivity index (χ1) is 8.16. The van der Waals surface area contributed by atoms with E-state index in [1.165, 1.54) is 24.3 Å². The van der Waals surface area contributed by atoms with Crippen LogP contribution in [0.15, 0.2) is 53.6 Å². The van der Waals surface area contributed by atoms with Gasteiger partial charge in [0.15, 0.2) is 0 Å². The monoisotopic (exact) mass is 236 g/mol. The highest BCUT2D eigenvalue weighted by atomic mass is 19.1. The zero-order valence-electron chi connectivity index (χ0n) is 9.09. The van der Waals surface area contributed by atoms with E-state index < -0.39 is 11.7 Å². The van der Waals surface area contributed by atoms with E-state index in [0.717, 1.165) is 0 Å². The number of hydrogen-bond acceptors (Lipinski definition) is 0. The second-order valence-electron chi connectivity index (χ2n) is 3.79. The molecule has 0 amide bonds. The van der Waals surface area contributed by atoms with Crippen LogP contribution in [-0.4, -0.2) is 0 Å². The van der Waals surface area contributed by atoms with Crippen molar-refractivity contribution < 1.29 is 13.2 Å². The minimum Gasteiger partial charge on any atom is -0.211 e. The van der Waals surface area contributed by atoms with Crippen LogP contribution in [0.4, 0.5) is 13.2 Å². The molecule has 17 heavy (non-hydrogen) atoms. The minimum absolute atomic E-state index is 0.0134. The fraction of sp³-hybridized carbons (Fsp3) is 0.143. The highest BCUT2D eigenvalue weighted by Gasteiger charge is 2.13. The van der Waals surface area contributed by atoms with Gasteiger partial charge in [-0.1, -0.05) is 18.2 Å². The average Bonchev–Trinajstić information content (AvgIpc) is 2.31. The van der Waals surface area contributed by atoms with Crippen LogP contribution in [0.5, 0.6) is 0 Å². The molecule has 88 valence electrons. The van der Waals surface area contributed by atoms with Crippen LogP contribution < -0.4 is 0 Å². The highest BCUT2D eigenvalue weighted by Crippen LogP contribution is 2.28. The van der Waals surface area contributed by atoms with Crippen molar-refractivity contribution in [3.8, 4) is 0 Å². The molecule has 0 spiro atoms. The largest absolute Gasteiger partial charge is 0.211 e. The van der Waals surface area contributed by atoms with Gasteiger partial charge in [-0.15, -0.1) is 0 Å². The molecule has 0 saturated carbocycles. The van der Waals surface area contributed by atoms with E-state index in [1.807, 2.05) is 0 Å². The summed E-state index contributed by atoms with van der Waals surface area (Å²) in [7, 11) is 0. The Balaban J connectivity index is 2.21. The van der Waals surface area contributed by atoms with Crippen molar-refractivity contribution in [3.05, 3.63) is 65.0 Å². The standard InChI is InChI=1S/C14H11F3/c15-11-7-4-10(5-8-11)6-9-12-13(16)2-1-3-14(12)17/h2,4-9H,1,3H2. The predicted molar refractivity (Wildman–Crippen MR) is 62.0 cm³/mol. The molecule has 0 bridgehead atoms. The van der Waals surface area contributed by atoms with Crippen molar-refractivity contribution >= 4 is 6.08 Å². The van der Waals surface area contributed by atoms with Crippen LogP contribution >= 0.6 is 0 Å². The second-order valence-corrected chi connectivity index (χ2v) is 3.79. The van der Waals surface area contributed by atoms with Gasteiger partial charge in [0.05, 0.1) is 0 Å². The normalized spacial score (nSPS) is 16.5. The van der Waals surface area contributed by atoms with Gasteiger partial charge in [-0.25, -0.2) is 13.2 Å². The van der Waals surface area contributed by atoms with E-state index in [2.05, 4.69) is 0 Å². The maximum absolute atomic E-state index is 13.4. The Morgan fingerprint density at radius 2 is 1.65 bits per heavy atom. The lowest BCUT2D eigenvalue weighted by Gasteiger charge is -2.07. The van der Waals surface area contributed by atoms with Gasteiger partial charge < -0.3 is 0 Å². The van der Waals surface area contributed by atoms with Gasteiger partial charge in [0.1, 0.15) is 17.5 Å². The Morgan fingerprint density at radius 1 is 0.941 bits per heavy atom. The van der Waals surface area contributed by atoms with E-state index >= 15 is 0 Å². The van der Waals surface area contributed by atoms with Crippen molar-refractivity contribution in [2.24, 2.45) is 0 Å². The first kappa shape index (κ1) is 11.7. The predicted octanol–water partition coefficient (Wildman–Crippen LogP) is 4.71. The zero-order chi connectivity index (χ0) is 12.3. The van der Waals surface area contributed by atoms with Gasteiger partial charge in [-0.3, -0.25) is 0 Å². The van der Waals surface area contributed by atoms with E-state index in [4.69, 9.17) is 0 Å². The fourth-order valence-corrected chi connectivity index (χ4v) is 1.62. The summed E-state index contributed by atoms with van der Waals surface area (Å²) < 4.78 is 39.3. The molecule has 3 heteroatoms. The van der Waals surface area contributed by atoms with Gasteiger partial charge in [-0.2, -0.15) is 0 Å². The van der Waals surface area contributed by atoms with Gasteiger partial charge in [0.25, 0.3) is 0 Å². The molecule has 0 fully saturated rings. The lowest BCUT2D eigenvalue weighted by Crippen LogP contribution is -1.92. The van der Waals surface area contributed by atoms with Crippen LogP contribution in [0.3, 0.4) is 0 Å². The molecular weight excluding hydrogens is 225 g/mol. The SMILES string of the molecule is FC1=CCCC(F)=C1C=Cc1ccc(F)cc1. The Morgan fingerprint density at radius 3 is 2.29 bits per heavy atom. The number of rotatable bonds is 2. The first-order valence-electron chi connectivity index (χ1n) is 5.35. The third-order valence-corrected chi connectivity index (χ3v) is 2.55. The smallest absolute Gasteiger partial charge is 0.129 e. The maximum atomic E-state index is 13.4. The topological polar surface area (TPSA) is 0 Å². The van der Waals surface area contributed by atoms with Crippen molar-refractivity contribution in [1.29, 1.82) is 0 Å². The molecule has 0 aromatic heterocycles. The molecule has 1 aromatic rings. The zero-order valence-corrected chi connectivity index (χ0v) is 9.09. The van der Waals surface area contributed by atoms with Crippen LogP contribution in [0.25, 0.3) is 6.08 Å². The number of benzene rings is 1. The highest BCUT2D eigenvalue weighted by molar-refractivity contribution is 5.56. The summed E-state index contributed by atoms with van der Waals surface area (Å²) >= 11 is 0. The summed E-state index contributed by atoms with van der Waals surface area (Å²) in [5, 5.41) is 0. The Hall–Kier alpha value is -1.77. The van der Waals surface area contributed by atoms with E-state index in [-0.39, 0.29) is 17.8 Å². The average molecular weight is 236 g/mol. The molecule has 0 unspecified atom stereocenters. The summed E-state index contributed by atoms with van der Waals surface area (Å²) in [4.78, 5) is 0. The van der Waals surface area contributed by atoms with E-state index in [0.29, 0.717) is 12.0 Å². The van der Waals surface area contributed by atoms with Gasteiger partial charge in [-0.05, 0) is 36.3 Å². The van der Waals surface area contributed by atoms with Crippen LogP contribution in [-0.2, 0) is 0 Å². The van der Waals surface area contributed by atoms with Crippen molar-refractivity contribution in [2.75, 3.05) is 0 Å². The molecule has 0 aliphatic heterocycles. The van der Waals surface area contributed by atoms with Crippen molar-refractivity contribution in [3.63, 3.8) is 0 Å². The molecule has 0 atom stereocenters. The van der Waals surface area contributed by atoms with Gasteiger partial charge in [0.2, 0.25) is 0 Å². The number of halogens is 3. The molecule has 0 saturated heterocycles. The molecule has 0 heterocycles. The molecule has 0 nitrogen and oxygen atoms in total. The Labute approximate surface area is 97.8 Å². The summed E-state index contributed by atoms with van der Waals surface area (Å²) in [5.41, 5.74) is 0.686. The lowest BCUT2D eigenvalue weighted by atomic mass is 10.0. The molecule has 2 rings (SSSR count). The first-order valence-corrected chi connectivity index (χ1v) is 5.35. The summed E-state index contributed by atoms with van der Waals surface area (Å²) in [6, 6.07) is 5.71. The molecule has 0 radical (unpaired) electrons. The van der Waals surface area contributed by atoms with Gasteiger partial charge in [0, 0.05) is 12.0 Å². The van der Waals surface area contributed by atoms with Gasteiger partial charge >= 0.3 is 0 Å². The summed E-state index contributed by atoms with van der Waals surface area (Å²) in [5.74, 6) is -1.31. The quantitative estimate of drug-likeness (QED) is 0.697. The lowest BCUT2D eigenvalue weighted by molar-refractivity contribution is 0.547. The van der Waals surface area contributed by atoms with Crippen LogP contribution in [0, 0.1) is 5.82 Å². The molecular formula is C14H11F3. The maximum Gasteiger partial charge on any atom is 0.129 e. The van der Waals surface area contributed by atoms with Crippen LogP contribution in [0.1, 0.15) is 18.4 Å². The third kappa shape index (κ3) is 2.87. The number of allylic oxidation sites excluding steroid dienone is 5. The number of hydrogen-bond donors (Lipinski definition) is 0. The second kappa shape index (κ2) is 5.04. The Bertz CT molecular complexity index is 493. The Kier molecular flexibility index (Phi) is 3.47. The summed E-state index contributed by atoms with van der Waals surface area (Å²) in [6.07, 6.45) is 4.94. The van der Waals surface area contributed by atoms with Crippen molar-refractivity contribution in [1.82, 2.24) is 0 Å². The van der Waals surface area contributed by atoms with E-state index in [1.54, 1.807) is 18.2 Å². The summed E-state index contributed by atoms with van der Waals surface area (Å²) in [6.45, 7) is 0.